The lowest BCUT2D eigenvalue weighted by Gasteiger charge is -2.32. The molecule has 3 rings (SSSR count). The summed E-state index contributed by atoms with van der Waals surface area (Å²) in [7, 11) is 0. The third kappa shape index (κ3) is 11.1. The van der Waals surface area contributed by atoms with E-state index in [0.29, 0.717) is 36.3 Å². The summed E-state index contributed by atoms with van der Waals surface area (Å²) in [5, 5.41) is 45.3. The number of amidine groups is 1. The van der Waals surface area contributed by atoms with E-state index in [1.165, 1.54) is 5.56 Å². The summed E-state index contributed by atoms with van der Waals surface area (Å²) in [6.45, 7) is 1.73. The number of fused-ring (bicyclic) bond motifs is 2. The summed E-state index contributed by atoms with van der Waals surface area (Å²) in [6, 6.07) is 5.04. The number of aliphatic carboxylic acids is 2. The zero-order chi connectivity index (χ0) is 29.7. The van der Waals surface area contributed by atoms with Crippen LogP contribution in [0.1, 0.15) is 88.7 Å². The van der Waals surface area contributed by atoms with E-state index in [1.807, 2.05) is 12.1 Å². The second-order valence-corrected chi connectivity index (χ2v) is 11.3. The largest absolute Gasteiger partial charge is 0.546 e. The van der Waals surface area contributed by atoms with E-state index in [1.54, 1.807) is 0 Å². The fourth-order valence-electron chi connectivity index (χ4n) is 6.05. The molecule has 1 saturated carbocycles. The number of unbranched alkanes of at least 4 members (excludes halogenated alkanes) is 3. The van der Waals surface area contributed by atoms with Gasteiger partial charge in [-0.1, -0.05) is 44.7 Å². The molecule has 1 aromatic rings. The van der Waals surface area contributed by atoms with Gasteiger partial charge in [-0.25, -0.2) is 0 Å². The Kier molecular flexibility index (Phi) is 14.4. The first-order chi connectivity index (χ1) is 19.0. The minimum atomic E-state index is -1.22. The number of hydrogen-bond donors (Lipinski definition) is 6. The molecule has 10 heteroatoms. The smallest absolute Gasteiger partial charge is 0.320 e. The summed E-state index contributed by atoms with van der Waals surface area (Å²) in [5.74, 6) is -0.130. The Morgan fingerprint density at radius 2 is 1.88 bits per heavy atom. The van der Waals surface area contributed by atoms with E-state index in [0.717, 1.165) is 76.2 Å². The van der Waals surface area contributed by atoms with Gasteiger partial charge in [0.1, 0.15) is 18.4 Å². The number of carboxylic acid groups (broad SMARTS) is 2. The van der Waals surface area contributed by atoms with Crippen molar-refractivity contribution < 1.29 is 40.2 Å². The van der Waals surface area contributed by atoms with Crippen LogP contribution in [-0.2, 0) is 22.4 Å². The Morgan fingerprint density at radius 3 is 2.52 bits per heavy atom. The highest BCUT2D eigenvalue weighted by Crippen LogP contribution is 2.48. The van der Waals surface area contributed by atoms with Crippen LogP contribution in [0.2, 0.25) is 0 Å². The molecule has 0 unspecified atom stereocenters. The Balaban J connectivity index is 0.000000395. The van der Waals surface area contributed by atoms with Crippen molar-refractivity contribution >= 4 is 17.8 Å². The molecule has 2 aliphatic carbocycles. The van der Waals surface area contributed by atoms with Crippen LogP contribution in [0.4, 0.5) is 0 Å². The van der Waals surface area contributed by atoms with E-state index in [2.05, 4.69) is 13.0 Å². The molecule has 9 N–H and O–H groups in total. The molecule has 0 aliphatic heterocycles. The van der Waals surface area contributed by atoms with Gasteiger partial charge in [0.15, 0.2) is 0 Å². The van der Waals surface area contributed by atoms with Gasteiger partial charge in [-0.05, 0) is 86.3 Å². The van der Waals surface area contributed by atoms with Gasteiger partial charge in [0, 0.05) is 6.42 Å². The highest BCUT2D eigenvalue weighted by Gasteiger charge is 2.44. The lowest BCUT2D eigenvalue weighted by Crippen LogP contribution is -2.45. The summed E-state index contributed by atoms with van der Waals surface area (Å²) < 4.78 is 5.44. The van der Waals surface area contributed by atoms with Crippen LogP contribution in [0, 0.1) is 17.8 Å². The zero-order valence-corrected chi connectivity index (χ0v) is 23.8. The lowest BCUT2D eigenvalue weighted by molar-refractivity contribution is -0.307. The second kappa shape index (κ2) is 17.2. The predicted octanol–water partition coefficient (Wildman–Crippen LogP) is 0.324. The number of ether oxygens (including phenoxy) is 1. The van der Waals surface area contributed by atoms with Gasteiger partial charge in [-0.3, -0.25) is 15.9 Å². The van der Waals surface area contributed by atoms with Crippen molar-refractivity contribution in [3.63, 3.8) is 0 Å². The Morgan fingerprint density at radius 1 is 1.15 bits per heavy atom. The van der Waals surface area contributed by atoms with Crippen LogP contribution in [-0.4, -0.2) is 58.0 Å². The maximum absolute atomic E-state index is 10.7. The fourth-order valence-corrected chi connectivity index (χ4v) is 6.05. The molecular weight excluding hydrogens is 514 g/mol. The molecule has 2 aliphatic rings. The van der Waals surface area contributed by atoms with Gasteiger partial charge in [-0.2, -0.15) is 0 Å². The molecule has 40 heavy (non-hydrogen) atoms. The van der Waals surface area contributed by atoms with Crippen molar-refractivity contribution in [1.82, 2.24) is 0 Å². The van der Waals surface area contributed by atoms with Gasteiger partial charge in [-0.15, -0.1) is 0 Å². The number of benzene rings is 1. The summed E-state index contributed by atoms with van der Waals surface area (Å²) in [6.07, 6.45) is 10.4. The molecule has 1 fully saturated rings. The number of hydrogen-bond acceptors (Lipinski definition) is 7. The molecule has 0 bridgehead atoms. The molecule has 0 aromatic heterocycles. The van der Waals surface area contributed by atoms with Crippen molar-refractivity contribution in [1.29, 1.82) is 0 Å². The van der Waals surface area contributed by atoms with Crippen LogP contribution in [0.15, 0.2) is 18.2 Å². The second-order valence-electron chi connectivity index (χ2n) is 11.3. The number of carbonyl (C=O) groups excluding carboxylic acids is 1. The molecule has 0 spiro atoms. The maximum atomic E-state index is 10.7. The molecule has 0 heterocycles. The molecule has 10 nitrogen and oxygen atoms in total. The first kappa shape index (κ1) is 33.5. The van der Waals surface area contributed by atoms with Crippen LogP contribution < -0.4 is 26.7 Å². The van der Waals surface area contributed by atoms with E-state index in [-0.39, 0.29) is 18.1 Å². The first-order valence-corrected chi connectivity index (χ1v) is 14.7. The van der Waals surface area contributed by atoms with Crippen LogP contribution >= 0.6 is 0 Å². The number of nitrogens with two attached hydrogens (primary N) is 3. The Bertz CT molecular complexity index is 957. The highest BCUT2D eigenvalue weighted by molar-refractivity contribution is 5.74. The third-order valence-corrected chi connectivity index (χ3v) is 8.21. The van der Waals surface area contributed by atoms with Crippen molar-refractivity contribution in [2.24, 2.45) is 29.2 Å². The zero-order valence-electron chi connectivity index (χ0n) is 23.8. The van der Waals surface area contributed by atoms with Gasteiger partial charge >= 0.3 is 5.97 Å². The van der Waals surface area contributed by atoms with Crippen molar-refractivity contribution in [3.05, 3.63) is 29.3 Å². The van der Waals surface area contributed by atoms with Gasteiger partial charge in [0.25, 0.3) is 0 Å². The number of aliphatic hydroxyl groups is 2. The number of carboxylic acids is 2. The van der Waals surface area contributed by atoms with E-state index in [4.69, 9.17) is 26.7 Å². The minimum Gasteiger partial charge on any atom is -0.546 e. The van der Waals surface area contributed by atoms with E-state index in [9.17, 15) is 24.9 Å². The van der Waals surface area contributed by atoms with Crippen molar-refractivity contribution in [2.45, 2.75) is 109 Å². The van der Waals surface area contributed by atoms with E-state index < -0.39 is 24.6 Å². The molecule has 226 valence electrons. The van der Waals surface area contributed by atoms with Crippen molar-refractivity contribution in [2.75, 3.05) is 6.61 Å². The fraction of sp³-hybridized carbons (Fsp3) is 0.700. The molecule has 0 saturated heterocycles. The quantitative estimate of drug-likeness (QED) is 0.0929. The molecule has 6 atom stereocenters. The van der Waals surface area contributed by atoms with Crippen LogP contribution in [0.5, 0.6) is 5.75 Å². The van der Waals surface area contributed by atoms with Gasteiger partial charge in [0.2, 0.25) is 5.84 Å². The normalized spacial score (nSPS) is 22.7. The number of carbonyl (C=O) groups is 2. The van der Waals surface area contributed by atoms with Crippen LogP contribution in [0.25, 0.3) is 0 Å². The molecule has 0 amide bonds. The summed E-state index contributed by atoms with van der Waals surface area (Å²) in [5.41, 5.74) is 12.8. The third-order valence-electron chi connectivity index (χ3n) is 8.21. The standard InChI is InChI=1S/C23H34O5.C7H15N3O2/c1-2-3-4-7-17(24)9-10-18-19-11-15-6-5-8-22(28-14-23(26)27)20(15)12-16(19)13-21(18)25;8-5(7(11)12)3-1-2-4-6(9)10/h5-6,8,16-19,21,24-25H,2-4,7,9-14H2,1H3,(H,26,27);5H,1-4,8H2,(H3,9,10)(H,11,12)/t16-,17-,18+,19-,21+;5-/m00/s1. The van der Waals surface area contributed by atoms with Gasteiger partial charge in [0.05, 0.1) is 18.2 Å². The Labute approximate surface area is 237 Å². The molecule has 0 radical (unpaired) electrons. The van der Waals surface area contributed by atoms with E-state index >= 15 is 0 Å². The lowest BCUT2D eigenvalue weighted by atomic mass is 9.73. The minimum absolute atomic E-state index is 0.228. The summed E-state index contributed by atoms with van der Waals surface area (Å²) in [4.78, 5) is 21.0. The first-order valence-electron chi connectivity index (χ1n) is 14.7. The monoisotopic (exact) mass is 563 g/mol. The van der Waals surface area contributed by atoms with Gasteiger partial charge < -0.3 is 35.7 Å². The Hall–Kier alpha value is -2.69. The van der Waals surface area contributed by atoms with Crippen LogP contribution in [0.3, 0.4) is 0 Å². The highest BCUT2D eigenvalue weighted by atomic mass is 16.5. The van der Waals surface area contributed by atoms with Crippen molar-refractivity contribution in [3.8, 4) is 5.75 Å². The topological polar surface area (TPSA) is 205 Å². The SMILES string of the molecule is CCCCC[C@H](O)CC[C@@H]1[C@H]2Cc3cccc(OCC(=O)[O-])c3C[C@H]2C[C@H]1O.NC(=[NH2+])CCCC[C@H](N)C(=O)O. The summed E-state index contributed by atoms with van der Waals surface area (Å²) >= 11 is 0. The molecule has 1 aromatic carbocycles. The average molecular weight is 564 g/mol. The maximum Gasteiger partial charge on any atom is 0.320 e. The average Bonchev–Trinajstić information content (AvgIpc) is 3.21. The molecular formula is C30H49N3O7. The number of aliphatic hydroxyl groups excluding tert-OH is 2. The predicted molar refractivity (Wildman–Crippen MR) is 150 cm³/mol. The number of rotatable bonds is 16.